The fourth-order valence-electron chi connectivity index (χ4n) is 2.41. The molecule has 2 aromatic rings. The van der Waals surface area contributed by atoms with Crippen molar-refractivity contribution in [3.8, 4) is 0 Å². The lowest BCUT2D eigenvalue weighted by atomic mass is 10.1. The number of anilines is 1. The predicted molar refractivity (Wildman–Crippen MR) is 97.4 cm³/mol. The summed E-state index contributed by atoms with van der Waals surface area (Å²) in [5.74, 6) is -0.0766. The highest BCUT2D eigenvalue weighted by Crippen LogP contribution is 2.27. The van der Waals surface area contributed by atoms with Crippen LogP contribution in [0.3, 0.4) is 0 Å². The van der Waals surface area contributed by atoms with Gasteiger partial charge in [-0.25, -0.2) is 4.98 Å². The van der Waals surface area contributed by atoms with Gasteiger partial charge in [0, 0.05) is 11.9 Å². The Balaban J connectivity index is 1.94. The fourth-order valence-corrected chi connectivity index (χ4v) is 3.52. The first kappa shape index (κ1) is 17.9. The molecule has 1 aromatic carbocycles. The van der Waals surface area contributed by atoms with E-state index in [2.05, 4.69) is 17.2 Å². The first-order chi connectivity index (χ1) is 10.9. The first-order valence-electron chi connectivity index (χ1n) is 7.57. The summed E-state index contributed by atoms with van der Waals surface area (Å²) in [6, 6.07) is 3.86. The van der Waals surface area contributed by atoms with Gasteiger partial charge in [-0.1, -0.05) is 24.6 Å². The number of nitrogens with one attached hydrogen (secondary N) is 1. The van der Waals surface area contributed by atoms with Gasteiger partial charge in [0.05, 0.1) is 28.0 Å². The van der Waals surface area contributed by atoms with Crippen LogP contribution in [-0.2, 0) is 17.8 Å². The van der Waals surface area contributed by atoms with Crippen molar-refractivity contribution in [2.24, 2.45) is 0 Å². The standard InChI is InChI=1S/C17H22ClN3OS/c1-5-16-19-13(10-23-16)8-21(4)9-15(22)20-17-12(3)6-11(2)7-14(17)18/h6-7,10H,5,8-9H2,1-4H3,(H,20,22). The average molecular weight is 352 g/mol. The highest BCUT2D eigenvalue weighted by molar-refractivity contribution is 7.09. The van der Waals surface area contributed by atoms with Crippen LogP contribution in [0.4, 0.5) is 5.69 Å². The van der Waals surface area contributed by atoms with Gasteiger partial charge in [-0.05, 0) is 44.5 Å². The number of likely N-dealkylation sites (N-methyl/N-ethyl adjacent to an activating group) is 1. The van der Waals surface area contributed by atoms with E-state index in [-0.39, 0.29) is 5.91 Å². The third-order valence-electron chi connectivity index (χ3n) is 3.44. The zero-order chi connectivity index (χ0) is 17.0. The van der Waals surface area contributed by atoms with Crippen LogP contribution in [0.25, 0.3) is 0 Å². The minimum absolute atomic E-state index is 0.0766. The maximum atomic E-state index is 12.2. The normalized spacial score (nSPS) is 11.0. The minimum Gasteiger partial charge on any atom is -0.323 e. The number of halogens is 1. The van der Waals surface area contributed by atoms with Crippen molar-refractivity contribution in [2.75, 3.05) is 18.9 Å². The summed E-state index contributed by atoms with van der Waals surface area (Å²) >= 11 is 7.89. The number of aryl methyl sites for hydroxylation is 3. The molecule has 1 aromatic heterocycles. The molecule has 0 bridgehead atoms. The van der Waals surface area contributed by atoms with Gasteiger partial charge >= 0.3 is 0 Å². The molecule has 124 valence electrons. The Kier molecular flexibility index (Phi) is 6.16. The van der Waals surface area contributed by atoms with E-state index in [1.54, 1.807) is 11.3 Å². The van der Waals surface area contributed by atoms with Crippen molar-refractivity contribution in [3.05, 3.63) is 44.4 Å². The Bertz CT molecular complexity index is 676. The van der Waals surface area contributed by atoms with Crippen LogP contribution in [0.1, 0.15) is 28.8 Å². The third-order valence-corrected chi connectivity index (χ3v) is 4.78. The molecule has 0 aliphatic rings. The lowest BCUT2D eigenvalue weighted by molar-refractivity contribution is -0.117. The Morgan fingerprint density at radius 3 is 2.74 bits per heavy atom. The first-order valence-corrected chi connectivity index (χ1v) is 8.83. The van der Waals surface area contributed by atoms with Crippen molar-refractivity contribution < 1.29 is 4.79 Å². The van der Waals surface area contributed by atoms with E-state index in [0.717, 1.165) is 28.2 Å². The Labute approximate surface area is 146 Å². The molecule has 1 N–H and O–H groups in total. The summed E-state index contributed by atoms with van der Waals surface area (Å²) < 4.78 is 0. The summed E-state index contributed by atoms with van der Waals surface area (Å²) in [5, 5.41) is 6.66. The number of benzene rings is 1. The van der Waals surface area contributed by atoms with Gasteiger partial charge in [0.1, 0.15) is 0 Å². The van der Waals surface area contributed by atoms with Crippen molar-refractivity contribution >= 4 is 34.5 Å². The Hall–Kier alpha value is -1.43. The molecule has 0 fully saturated rings. The molecular formula is C17H22ClN3OS. The largest absolute Gasteiger partial charge is 0.323 e. The molecule has 6 heteroatoms. The van der Waals surface area contributed by atoms with Crippen molar-refractivity contribution in [2.45, 2.75) is 33.7 Å². The van der Waals surface area contributed by atoms with E-state index in [0.29, 0.717) is 23.8 Å². The molecule has 0 saturated heterocycles. The molecule has 2 rings (SSSR count). The SMILES string of the molecule is CCc1nc(CN(C)CC(=O)Nc2c(C)cc(C)cc2Cl)cs1. The highest BCUT2D eigenvalue weighted by Gasteiger charge is 2.12. The van der Waals surface area contributed by atoms with Crippen LogP contribution in [0.2, 0.25) is 5.02 Å². The lowest BCUT2D eigenvalue weighted by Gasteiger charge is -2.16. The summed E-state index contributed by atoms with van der Waals surface area (Å²) in [4.78, 5) is 18.7. The third kappa shape index (κ3) is 5.03. The van der Waals surface area contributed by atoms with Crippen molar-refractivity contribution in [3.63, 3.8) is 0 Å². The zero-order valence-electron chi connectivity index (χ0n) is 13.9. The van der Waals surface area contributed by atoms with Crippen LogP contribution < -0.4 is 5.32 Å². The van der Waals surface area contributed by atoms with Crippen molar-refractivity contribution in [1.82, 2.24) is 9.88 Å². The van der Waals surface area contributed by atoms with Crippen LogP contribution >= 0.6 is 22.9 Å². The van der Waals surface area contributed by atoms with E-state index in [4.69, 9.17) is 11.6 Å². The number of aromatic nitrogens is 1. The second-order valence-electron chi connectivity index (χ2n) is 5.75. The molecular weight excluding hydrogens is 330 g/mol. The van der Waals surface area contributed by atoms with Gasteiger partial charge in [0.25, 0.3) is 0 Å². The molecule has 0 unspecified atom stereocenters. The summed E-state index contributed by atoms with van der Waals surface area (Å²) in [6.45, 7) is 6.97. The topological polar surface area (TPSA) is 45.2 Å². The quantitative estimate of drug-likeness (QED) is 0.854. The second-order valence-corrected chi connectivity index (χ2v) is 7.10. The second kappa shape index (κ2) is 7.90. The number of carbonyl (C=O) groups excluding carboxylic acids is 1. The number of amides is 1. The van der Waals surface area contributed by atoms with E-state index in [9.17, 15) is 4.79 Å². The molecule has 0 saturated carbocycles. The van der Waals surface area contributed by atoms with Crippen molar-refractivity contribution in [1.29, 1.82) is 0 Å². The molecule has 4 nitrogen and oxygen atoms in total. The summed E-state index contributed by atoms with van der Waals surface area (Å²) in [5.41, 5.74) is 3.75. The molecule has 0 atom stereocenters. The summed E-state index contributed by atoms with van der Waals surface area (Å²) in [7, 11) is 1.91. The molecule has 0 radical (unpaired) electrons. The summed E-state index contributed by atoms with van der Waals surface area (Å²) in [6.07, 6.45) is 0.945. The van der Waals surface area contributed by atoms with Gasteiger partial charge in [-0.3, -0.25) is 9.69 Å². The Morgan fingerprint density at radius 2 is 2.13 bits per heavy atom. The van der Waals surface area contributed by atoms with E-state index >= 15 is 0 Å². The van der Waals surface area contributed by atoms with E-state index < -0.39 is 0 Å². The monoisotopic (exact) mass is 351 g/mol. The zero-order valence-corrected chi connectivity index (χ0v) is 15.5. The van der Waals surface area contributed by atoms with Crippen LogP contribution in [0.5, 0.6) is 0 Å². The fraction of sp³-hybridized carbons (Fsp3) is 0.412. The van der Waals surface area contributed by atoms with E-state index in [1.165, 1.54) is 0 Å². The molecule has 1 heterocycles. The van der Waals surface area contributed by atoms with Crippen LogP contribution in [0.15, 0.2) is 17.5 Å². The van der Waals surface area contributed by atoms with Gasteiger partial charge in [0.2, 0.25) is 5.91 Å². The smallest absolute Gasteiger partial charge is 0.238 e. The van der Waals surface area contributed by atoms with E-state index in [1.807, 2.05) is 43.3 Å². The van der Waals surface area contributed by atoms with Gasteiger partial charge in [-0.2, -0.15) is 0 Å². The highest BCUT2D eigenvalue weighted by atomic mass is 35.5. The number of nitrogens with zero attached hydrogens (tertiary/aromatic N) is 2. The van der Waals surface area contributed by atoms with Crippen LogP contribution in [0, 0.1) is 13.8 Å². The molecule has 0 aliphatic carbocycles. The van der Waals surface area contributed by atoms with Gasteiger partial charge in [-0.15, -0.1) is 11.3 Å². The molecule has 23 heavy (non-hydrogen) atoms. The molecule has 0 aliphatic heterocycles. The average Bonchev–Trinajstić information content (AvgIpc) is 2.90. The number of rotatable bonds is 6. The number of hydrogen-bond donors (Lipinski definition) is 1. The number of thiazole rings is 1. The molecule has 1 amide bonds. The minimum atomic E-state index is -0.0766. The lowest BCUT2D eigenvalue weighted by Crippen LogP contribution is -2.30. The molecule has 0 spiro atoms. The predicted octanol–water partition coefficient (Wildman–Crippen LogP) is 4.05. The van der Waals surface area contributed by atoms with Gasteiger partial charge in [0.15, 0.2) is 0 Å². The van der Waals surface area contributed by atoms with Gasteiger partial charge < -0.3 is 5.32 Å². The Morgan fingerprint density at radius 1 is 1.39 bits per heavy atom. The number of hydrogen-bond acceptors (Lipinski definition) is 4. The maximum Gasteiger partial charge on any atom is 0.238 e. The van der Waals surface area contributed by atoms with Crippen LogP contribution in [-0.4, -0.2) is 29.4 Å². The number of carbonyl (C=O) groups is 1. The maximum absolute atomic E-state index is 12.2.